The highest BCUT2D eigenvalue weighted by atomic mass is 35.5. The van der Waals surface area contributed by atoms with Crippen molar-refractivity contribution in [2.45, 2.75) is 13.8 Å². The largest absolute Gasteiger partial charge is 0.351 e. The Hall–Kier alpha value is -0.650. The predicted molar refractivity (Wildman–Crippen MR) is 73.3 cm³/mol. The van der Waals surface area contributed by atoms with E-state index in [9.17, 15) is 0 Å². The third kappa shape index (κ3) is 3.43. The van der Waals surface area contributed by atoms with Gasteiger partial charge in [0.2, 0.25) is 5.28 Å². The van der Waals surface area contributed by atoms with E-state index in [1.165, 1.54) is 0 Å². The van der Waals surface area contributed by atoms with Gasteiger partial charge < -0.3 is 4.90 Å². The van der Waals surface area contributed by atoms with Gasteiger partial charge in [-0.1, -0.05) is 25.4 Å². The SMILES string of the molecule is CC(C)CN1CCN(c2nc(Cl)nnc2Cl)CC1. The van der Waals surface area contributed by atoms with Crippen molar-refractivity contribution in [2.24, 2.45) is 5.92 Å². The van der Waals surface area contributed by atoms with Crippen molar-refractivity contribution in [2.75, 3.05) is 37.6 Å². The number of hydrogen-bond acceptors (Lipinski definition) is 5. The van der Waals surface area contributed by atoms with Crippen LogP contribution in [0.25, 0.3) is 0 Å². The highest BCUT2D eigenvalue weighted by Crippen LogP contribution is 2.22. The fourth-order valence-corrected chi connectivity index (χ4v) is 2.46. The maximum absolute atomic E-state index is 6.00. The third-order valence-corrected chi connectivity index (χ3v) is 3.30. The Morgan fingerprint density at radius 2 is 1.78 bits per heavy atom. The second kappa shape index (κ2) is 5.99. The molecule has 0 atom stereocenters. The van der Waals surface area contributed by atoms with Gasteiger partial charge in [-0.3, -0.25) is 4.90 Å². The van der Waals surface area contributed by atoms with Gasteiger partial charge >= 0.3 is 0 Å². The Kier molecular flexibility index (Phi) is 4.59. The maximum Gasteiger partial charge on any atom is 0.245 e. The van der Waals surface area contributed by atoms with Crippen LogP contribution in [0.15, 0.2) is 0 Å². The molecule has 2 heterocycles. The Morgan fingerprint density at radius 3 is 2.39 bits per heavy atom. The third-order valence-electron chi connectivity index (χ3n) is 2.90. The molecule has 1 aliphatic rings. The number of anilines is 1. The van der Waals surface area contributed by atoms with Crippen LogP contribution in [0.2, 0.25) is 10.4 Å². The summed E-state index contributed by atoms with van der Waals surface area (Å²) in [6.45, 7) is 9.40. The number of halogens is 2. The fraction of sp³-hybridized carbons (Fsp3) is 0.727. The van der Waals surface area contributed by atoms with Crippen LogP contribution in [0.1, 0.15) is 13.8 Å². The van der Waals surface area contributed by atoms with Gasteiger partial charge in [0, 0.05) is 32.7 Å². The lowest BCUT2D eigenvalue weighted by Crippen LogP contribution is -2.47. The predicted octanol–water partition coefficient (Wildman–Crippen LogP) is 1.96. The van der Waals surface area contributed by atoms with Crippen LogP contribution < -0.4 is 4.90 Å². The Bertz CT molecular complexity index is 404. The molecule has 1 aromatic rings. The molecule has 2 rings (SSSR count). The highest BCUT2D eigenvalue weighted by molar-refractivity contribution is 6.32. The van der Waals surface area contributed by atoms with Gasteiger partial charge in [0.25, 0.3) is 0 Å². The van der Waals surface area contributed by atoms with E-state index in [1.807, 2.05) is 0 Å². The molecule has 0 spiro atoms. The monoisotopic (exact) mass is 289 g/mol. The van der Waals surface area contributed by atoms with E-state index in [4.69, 9.17) is 23.2 Å². The number of hydrogen-bond donors (Lipinski definition) is 0. The Labute approximate surface area is 117 Å². The second-order valence-corrected chi connectivity index (χ2v) is 5.57. The first-order valence-corrected chi connectivity index (χ1v) is 6.85. The van der Waals surface area contributed by atoms with E-state index in [0.717, 1.165) is 32.7 Å². The summed E-state index contributed by atoms with van der Waals surface area (Å²) in [5.74, 6) is 1.33. The van der Waals surface area contributed by atoms with Gasteiger partial charge in [-0.05, 0) is 17.5 Å². The molecule has 1 saturated heterocycles. The lowest BCUT2D eigenvalue weighted by Gasteiger charge is -2.36. The molecule has 1 fully saturated rings. The summed E-state index contributed by atoms with van der Waals surface area (Å²) in [4.78, 5) is 8.71. The van der Waals surface area contributed by atoms with Crippen molar-refractivity contribution in [3.05, 3.63) is 10.4 Å². The molecule has 18 heavy (non-hydrogen) atoms. The fourth-order valence-electron chi connectivity index (χ4n) is 2.15. The van der Waals surface area contributed by atoms with E-state index in [1.54, 1.807) is 0 Å². The quantitative estimate of drug-likeness (QED) is 0.851. The van der Waals surface area contributed by atoms with Crippen molar-refractivity contribution in [3.63, 3.8) is 0 Å². The minimum Gasteiger partial charge on any atom is -0.351 e. The first kappa shape index (κ1) is 13.8. The van der Waals surface area contributed by atoms with Gasteiger partial charge in [-0.15, -0.1) is 10.2 Å². The van der Waals surface area contributed by atoms with Gasteiger partial charge in [0.15, 0.2) is 11.0 Å². The summed E-state index contributed by atoms with van der Waals surface area (Å²) in [7, 11) is 0. The van der Waals surface area contributed by atoms with Gasteiger partial charge in [-0.25, -0.2) is 0 Å². The number of piperazine rings is 1. The molecule has 0 aromatic carbocycles. The topological polar surface area (TPSA) is 45.2 Å². The molecule has 5 nitrogen and oxygen atoms in total. The second-order valence-electron chi connectivity index (χ2n) is 4.88. The average molecular weight is 290 g/mol. The summed E-state index contributed by atoms with van der Waals surface area (Å²) >= 11 is 11.8. The smallest absolute Gasteiger partial charge is 0.245 e. The molecule has 0 amide bonds. The summed E-state index contributed by atoms with van der Waals surface area (Å²) in [6, 6.07) is 0. The average Bonchev–Trinajstić information content (AvgIpc) is 2.33. The summed E-state index contributed by atoms with van der Waals surface area (Å²) in [6.07, 6.45) is 0. The molecule has 0 unspecified atom stereocenters. The van der Waals surface area contributed by atoms with Crippen molar-refractivity contribution < 1.29 is 0 Å². The molecular formula is C11H17Cl2N5. The molecule has 0 bridgehead atoms. The molecular weight excluding hydrogens is 273 g/mol. The molecule has 0 aliphatic carbocycles. The normalized spacial score (nSPS) is 17.5. The standard InChI is InChI=1S/C11H17Cl2N5/c1-8(2)7-17-3-5-18(6-4-17)10-9(12)15-16-11(13)14-10/h8H,3-7H2,1-2H3. The molecule has 0 N–H and O–H groups in total. The van der Waals surface area contributed by atoms with E-state index in [-0.39, 0.29) is 5.28 Å². The van der Waals surface area contributed by atoms with Crippen LogP contribution in [-0.2, 0) is 0 Å². The first-order valence-electron chi connectivity index (χ1n) is 6.09. The van der Waals surface area contributed by atoms with Crippen molar-refractivity contribution in [3.8, 4) is 0 Å². The van der Waals surface area contributed by atoms with Gasteiger partial charge in [-0.2, -0.15) is 4.98 Å². The maximum atomic E-state index is 6.00. The minimum absolute atomic E-state index is 0.138. The van der Waals surface area contributed by atoms with Gasteiger partial charge in [0.05, 0.1) is 0 Å². The van der Waals surface area contributed by atoms with E-state index < -0.39 is 0 Å². The summed E-state index contributed by atoms with van der Waals surface area (Å²) in [5, 5.41) is 7.87. The van der Waals surface area contributed by atoms with E-state index >= 15 is 0 Å². The Morgan fingerprint density at radius 1 is 1.11 bits per heavy atom. The number of nitrogens with zero attached hydrogens (tertiary/aromatic N) is 5. The van der Waals surface area contributed by atoms with E-state index in [2.05, 4.69) is 38.8 Å². The minimum atomic E-state index is 0.138. The van der Waals surface area contributed by atoms with Crippen molar-refractivity contribution >= 4 is 29.0 Å². The molecule has 100 valence electrons. The van der Waals surface area contributed by atoms with Crippen LogP contribution in [0.4, 0.5) is 5.82 Å². The van der Waals surface area contributed by atoms with Crippen molar-refractivity contribution in [1.29, 1.82) is 0 Å². The zero-order valence-electron chi connectivity index (χ0n) is 10.6. The van der Waals surface area contributed by atoms with Crippen LogP contribution in [-0.4, -0.2) is 52.8 Å². The van der Waals surface area contributed by atoms with E-state index in [0.29, 0.717) is 16.9 Å². The molecule has 0 radical (unpaired) electrons. The molecule has 0 saturated carbocycles. The van der Waals surface area contributed by atoms with Crippen molar-refractivity contribution in [1.82, 2.24) is 20.1 Å². The van der Waals surface area contributed by atoms with Gasteiger partial charge in [0.1, 0.15) is 0 Å². The van der Waals surface area contributed by atoms with Crippen LogP contribution in [0.5, 0.6) is 0 Å². The van der Waals surface area contributed by atoms with Crippen LogP contribution in [0, 0.1) is 5.92 Å². The molecule has 7 heteroatoms. The highest BCUT2D eigenvalue weighted by Gasteiger charge is 2.21. The zero-order valence-corrected chi connectivity index (χ0v) is 12.1. The number of rotatable bonds is 3. The number of aromatic nitrogens is 3. The lowest BCUT2D eigenvalue weighted by atomic mass is 10.2. The lowest BCUT2D eigenvalue weighted by molar-refractivity contribution is 0.231. The summed E-state index contributed by atoms with van der Waals surface area (Å²) < 4.78 is 0. The summed E-state index contributed by atoms with van der Waals surface area (Å²) in [5.41, 5.74) is 0. The first-order chi connectivity index (χ1) is 8.56. The Balaban J connectivity index is 1.99. The van der Waals surface area contributed by atoms with Crippen LogP contribution >= 0.6 is 23.2 Å². The molecule has 1 aromatic heterocycles. The van der Waals surface area contributed by atoms with Crippen LogP contribution in [0.3, 0.4) is 0 Å². The zero-order chi connectivity index (χ0) is 13.1. The molecule has 1 aliphatic heterocycles.